The van der Waals surface area contributed by atoms with E-state index in [0.29, 0.717) is 48.4 Å². The smallest absolute Gasteiger partial charge is 0.251 e. The number of carbonyl (C=O) groups excluding carboxylic acids is 4. The summed E-state index contributed by atoms with van der Waals surface area (Å²) in [5, 5.41) is 11.2. The van der Waals surface area contributed by atoms with Crippen LogP contribution in [0.2, 0.25) is 0 Å². The molecule has 0 radical (unpaired) electrons. The Kier molecular flexibility index (Phi) is 11.3. The lowest BCUT2D eigenvalue weighted by molar-refractivity contribution is -0.118. The SMILES string of the molecule is CCCNC(=O)c1cccc(NC(=O)CCCCC(=O)Nc2cccc(C(=O)NCCC)c2)c1. The fraction of sp³-hybridized carbons (Fsp3) is 0.385. The second-order valence-corrected chi connectivity index (χ2v) is 7.98. The molecular formula is C26H34N4O4. The third-order valence-corrected chi connectivity index (χ3v) is 4.95. The molecule has 2 rings (SSSR count). The third-order valence-electron chi connectivity index (χ3n) is 4.95. The number of amides is 4. The molecule has 34 heavy (non-hydrogen) atoms. The van der Waals surface area contributed by atoms with Gasteiger partial charge in [0.25, 0.3) is 11.8 Å². The third kappa shape index (κ3) is 9.44. The van der Waals surface area contributed by atoms with Gasteiger partial charge in [-0.15, -0.1) is 0 Å². The van der Waals surface area contributed by atoms with Gasteiger partial charge >= 0.3 is 0 Å². The highest BCUT2D eigenvalue weighted by molar-refractivity contribution is 5.98. The fourth-order valence-corrected chi connectivity index (χ4v) is 3.18. The minimum Gasteiger partial charge on any atom is -0.352 e. The van der Waals surface area contributed by atoms with Crippen LogP contribution in [0, 0.1) is 0 Å². The van der Waals surface area contributed by atoms with Crippen molar-refractivity contribution in [1.82, 2.24) is 10.6 Å². The number of benzene rings is 2. The summed E-state index contributed by atoms with van der Waals surface area (Å²) >= 11 is 0. The Morgan fingerprint density at radius 1 is 0.647 bits per heavy atom. The molecule has 4 N–H and O–H groups in total. The van der Waals surface area contributed by atoms with E-state index in [4.69, 9.17) is 0 Å². The lowest BCUT2D eigenvalue weighted by Crippen LogP contribution is -2.24. The van der Waals surface area contributed by atoms with Crippen molar-refractivity contribution >= 4 is 35.0 Å². The van der Waals surface area contributed by atoms with E-state index in [1.165, 1.54) is 0 Å². The van der Waals surface area contributed by atoms with Crippen molar-refractivity contribution in [1.29, 1.82) is 0 Å². The standard InChI is InChI=1S/C26H34N4O4/c1-3-15-27-25(33)19-9-7-11-21(17-19)29-23(31)13-5-6-14-24(32)30-22-12-8-10-20(18-22)26(34)28-16-4-2/h7-12,17-18H,3-6,13-16H2,1-2H3,(H,27,33)(H,28,34)(H,29,31)(H,30,32). The topological polar surface area (TPSA) is 116 Å². The van der Waals surface area contributed by atoms with Crippen molar-refractivity contribution in [3.63, 3.8) is 0 Å². The van der Waals surface area contributed by atoms with E-state index < -0.39 is 0 Å². The van der Waals surface area contributed by atoms with Gasteiger partial charge in [-0.2, -0.15) is 0 Å². The Labute approximate surface area is 200 Å². The normalized spacial score (nSPS) is 10.3. The Hall–Kier alpha value is -3.68. The lowest BCUT2D eigenvalue weighted by atomic mass is 10.1. The van der Waals surface area contributed by atoms with Crippen molar-refractivity contribution < 1.29 is 19.2 Å². The second kappa shape index (κ2) is 14.5. The summed E-state index contributed by atoms with van der Waals surface area (Å²) in [7, 11) is 0. The summed E-state index contributed by atoms with van der Waals surface area (Å²) in [4.78, 5) is 48.6. The average Bonchev–Trinajstić information content (AvgIpc) is 2.84. The highest BCUT2D eigenvalue weighted by Crippen LogP contribution is 2.14. The maximum absolute atomic E-state index is 12.2. The van der Waals surface area contributed by atoms with Gasteiger partial charge < -0.3 is 21.3 Å². The van der Waals surface area contributed by atoms with E-state index in [1.807, 2.05) is 13.8 Å². The molecule has 8 nitrogen and oxygen atoms in total. The summed E-state index contributed by atoms with van der Waals surface area (Å²) in [5.74, 6) is -0.679. The molecule has 0 spiro atoms. The molecule has 2 aromatic carbocycles. The van der Waals surface area contributed by atoms with Gasteiger partial charge in [0, 0.05) is 48.4 Å². The van der Waals surface area contributed by atoms with Crippen LogP contribution < -0.4 is 21.3 Å². The fourth-order valence-electron chi connectivity index (χ4n) is 3.18. The molecule has 8 heteroatoms. The maximum Gasteiger partial charge on any atom is 0.251 e. The van der Waals surface area contributed by atoms with E-state index in [9.17, 15) is 19.2 Å². The van der Waals surface area contributed by atoms with Gasteiger partial charge in [-0.25, -0.2) is 0 Å². The van der Waals surface area contributed by atoms with E-state index in [1.54, 1.807) is 48.5 Å². The second-order valence-electron chi connectivity index (χ2n) is 7.98. The molecule has 182 valence electrons. The van der Waals surface area contributed by atoms with Crippen molar-refractivity contribution in [2.45, 2.75) is 52.4 Å². The van der Waals surface area contributed by atoms with Gasteiger partial charge in [-0.1, -0.05) is 26.0 Å². The first kappa shape index (κ1) is 26.6. The molecule has 2 aromatic rings. The zero-order chi connectivity index (χ0) is 24.8. The van der Waals surface area contributed by atoms with Crippen LogP contribution >= 0.6 is 0 Å². The number of hydrogen-bond donors (Lipinski definition) is 4. The van der Waals surface area contributed by atoms with Crippen molar-refractivity contribution in [2.24, 2.45) is 0 Å². The van der Waals surface area contributed by atoms with Crippen molar-refractivity contribution in [2.75, 3.05) is 23.7 Å². The van der Waals surface area contributed by atoms with Crippen LogP contribution in [0.4, 0.5) is 11.4 Å². The quantitative estimate of drug-likeness (QED) is 0.333. The average molecular weight is 467 g/mol. The zero-order valence-electron chi connectivity index (χ0n) is 19.9. The van der Waals surface area contributed by atoms with Crippen LogP contribution in [0.3, 0.4) is 0 Å². The van der Waals surface area contributed by atoms with Gasteiger partial charge in [0.15, 0.2) is 0 Å². The van der Waals surface area contributed by atoms with Crippen molar-refractivity contribution in [3.8, 4) is 0 Å². The molecular weight excluding hydrogens is 432 g/mol. The summed E-state index contributed by atoms with van der Waals surface area (Å²) in [6.45, 7) is 5.16. The Balaban J connectivity index is 1.72. The van der Waals surface area contributed by atoms with Crippen LogP contribution in [-0.4, -0.2) is 36.7 Å². The highest BCUT2D eigenvalue weighted by atomic mass is 16.2. The van der Waals surface area contributed by atoms with Gasteiger partial charge in [0.05, 0.1) is 0 Å². The van der Waals surface area contributed by atoms with Gasteiger partial charge in [-0.05, 0) is 62.1 Å². The molecule has 0 saturated heterocycles. The molecule has 4 amide bonds. The minimum absolute atomic E-state index is 0.169. The largest absolute Gasteiger partial charge is 0.352 e. The molecule has 0 unspecified atom stereocenters. The molecule has 0 heterocycles. The monoisotopic (exact) mass is 466 g/mol. The minimum atomic E-state index is -0.170. The lowest BCUT2D eigenvalue weighted by Gasteiger charge is -2.09. The summed E-state index contributed by atoms with van der Waals surface area (Å²) in [6, 6.07) is 13.6. The van der Waals surface area contributed by atoms with Gasteiger partial charge in [0.1, 0.15) is 0 Å². The van der Waals surface area contributed by atoms with E-state index in [0.717, 1.165) is 12.8 Å². The van der Waals surface area contributed by atoms with E-state index in [2.05, 4.69) is 21.3 Å². The van der Waals surface area contributed by atoms with Gasteiger partial charge in [-0.3, -0.25) is 19.2 Å². The first-order valence-corrected chi connectivity index (χ1v) is 11.8. The molecule has 0 atom stereocenters. The Morgan fingerprint density at radius 3 is 1.44 bits per heavy atom. The van der Waals surface area contributed by atoms with Crippen LogP contribution in [0.15, 0.2) is 48.5 Å². The van der Waals surface area contributed by atoms with Crippen LogP contribution in [0.5, 0.6) is 0 Å². The Morgan fingerprint density at radius 2 is 1.06 bits per heavy atom. The predicted octanol–water partition coefficient (Wildman–Crippen LogP) is 4.10. The zero-order valence-corrected chi connectivity index (χ0v) is 19.9. The molecule has 0 aliphatic heterocycles. The number of carbonyl (C=O) groups is 4. The van der Waals surface area contributed by atoms with E-state index in [-0.39, 0.29) is 36.5 Å². The first-order chi connectivity index (χ1) is 16.4. The molecule has 0 saturated carbocycles. The number of nitrogens with one attached hydrogen (secondary N) is 4. The molecule has 0 aromatic heterocycles. The molecule has 0 bridgehead atoms. The summed E-state index contributed by atoms with van der Waals surface area (Å²) in [6.07, 6.45) is 3.34. The number of anilines is 2. The van der Waals surface area contributed by atoms with Crippen molar-refractivity contribution in [3.05, 3.63) is 59.7 Å². The Bertz CT molecular complexity index is 911. The van der Waals surface area contributed by atoms with Crippen LogP contribution in [0.25, 0.3) is 0 Å². The highest BCUT2D eigenvalue weighted by Gasteiger charge is 2.10. The van der Waals surface area contributed by atoms with E-state index >= 15 is 0 Å². The summed E-state index contributed by atoms with van der Waals surface area (Å²) in [5.41, 5.74) is 2.12. The predicted molar refractivity (Wildman–Crippen MR) is 134 cm³/mol. The molecule has 0 aliphatic carbocycles. The van der Waals surface area contributed by atoms with Crippen LogP contribution in [-0.2, 0) is 9.59 Å². The maximum atomic E-state index is 12.2. The molecule has 0 aliphatic rings. The number of unbranched alkanes of at least 4 members (excludes halogenated alkanes) is 1. The summed E-state index contributed by atoms with van der Waals surface area (Å²) < 4.78 is 0. The molecule has 0 fully saturated rings. The first-order valence-electron chi connectivity index (χ1n) is 11.8. The number of hydrogen-bond acceptors (Lipinski definition) is 4. The van der Waals surface area contributed by atoms with Gasteiger partial charge in [0.2, 0.25) is 11.8 Å². The number of rotatable bonds is 13. The van der Waals surface area contributed by atoms with Crippen LogP contribution in [0.1, 0.15) is 73.1 Å².